The van der Waals surface area contributed by atoms with Crippen LogP contribution in [0, 0.1) is 0 Å². The molecule has 2 atom stereocenters. The van der Waals surface area contributed by atoms with Crippen LogP contribution in [0.3, 0.4) is 0 Å². The zero-order valence-corrected chi connectivity index (χ0v) is 20.1. The summed E-state index contributed by atoms with van der Waals surface area (Å²) in [4.78, 5) is 14.6. The molecule has 3 aromatic rings. The van der Waals surface area contributed by atoms with Gasteiger partial charge in [0.05, 0.1) is 11.7 Å². The number of nitrogens with zero attached hydrogens (tertiary/aromatic N) is 4. The fraction of sp³-hybridized carbons (Fsp3) is 0.448. The first kappa shape index (κ1) is 23.2. The number of benzene rings is 1. The predicted octanol–water partition coefficient (Wildman–Crippen LogP) is 4.52. The lowest BCUT2D eigenvalue weighted by molar-refractivity contribution is 0.0825. The zero-order chi connectivity index (χ0) is 23.2. The molecule has 1 aliphatic heterocycles. The van der Waals surface area contributed by atoms with E-state index in [9.17, 15) is 0 Å². The van der Waals surface area contributed by atoms with E-state index in [0.717, 1.165) is 58.4 Å². The van der Waals surface area contributed by atoms with Crippen LogP contribution in [0.25, 0.3) is 0 Å². The molecule has 34 heavy (non-hydrogen) atoms. The van der Waals surface area contributed by atoms with Crippen LogP contribution < -0.4 is 5.73 Å². The second-order valence-corrected chi connectivity index (χ2v) is 9.84. The maximum absolute atomic E-state index is 5.87. The van der Waals surface area contributed by atoms with Gasteiger partial charge in [-0.1, -0.05) is 36.4 Å². The third kappa shape index (κ3) is 5.38. The summed E-state index contributed by atoms with van der Waals surface area (Å²) in [7, 11) is 0. The molecular weight excluding hydrogens is 418 g/mol. The summed E-state index contributed by atoms with van der Waals surface area (Å²) in [6.07, 6.45) is 12.7. The summed E-state index contributed by atoms with van der Waals surface area (Å²) < 4.78 is 0. The molecule has 1 aromatic carbocycles. The third-order valence-corrected chi connectivity index (χ3v) is 7.52. The minimum Gasteiger partial charge on any atom is -0.330 e. The molecule has 0 radical (unpaired) electrons. The number of aryl methyl sites for hydroxylation is 1. The van der Waals surface area contributed by atoms with E-state index in [1.165, 1.54) is 40.8 Å². The van der Waals surface area contributed by atoms with E-state index in [2.05, 4.69) is 57.2 Å². The Morgan fingerprint density at radius 2 is 1.82 bits per heavy atom. The van der Waals surface area contributed by atoms with Crippen LogP contribution in [0.5, 0.6) is 0 Å². The van der Waals surface area contributed by atoms with Crippen molar-refractivity contribution in [3.63, 3.8) is 0 Å². The quantitative estimate of drug-likeness (QED) is 0.481. The molecule has 0 fully saturated rings. The van der Waals surface area contributed by atoms with Gasteiger partial charge in [-0.05, 0) is 86.0 Å². The van der Waals surface area contributed by atoms with Crippen molar-refractivity contribution in [2.24, 2.45) is 5.73 Å². The second-order valence-electron chi connectivity index (χ2n) is 9.84. The lowest BCUT2D eigenvalue weighted by atomic mass is 9.89. The maximum Gasteiger partial charge on any atom is 0.0607 e. The van der Waals surface area contributed by atoms with Crippen molar-refractivity contribution in [1.82, 2.24) is 19.8 Å². The second kappa shape index (κ2) is 11.2. The van der Waals surface area contributed by atoms with E-state index >= 15 is 0 Å². The molecular formula is C29H37N5. The molecule has 0 spiro atoms. The molecule has 2 N–H and O–H groups in total. The third-order valence-electron chi connectivity index (χ3n) is 7.52. The van der Waals surface area contributed by atoms with Gasteiger partial charge in [0, 0.05) is 44.3 Å². The summed E-state index contributed by atoms with van der Waals surface area (Å²) in [5.41, 5.74) is 12.8. The van der Waals surface area contributed by atoms with E-state index in [1.807, 2.05) is 24.7 Å². The van der Waals surface area contributed by atoms with Crippen molar-refractivity contribution in [1.29, 1.82) is 0 Å². The van der Waals surface area contributed by atoms with Crippen molar-refractivity contribution < 1.29 is 0 Å². The Balaban J connectivity index is 1.42. The Hall–Kier alpha value is -2.60. The van der Waals surface area contributed by atoms with Crippen LogP contribution in [-0.2, 0) is 25.9 Å². The summed E-state index contributed by atoms with van der Waals surface area (Å²) in [6, 6.07) is 18.4. The van der Waals surface area contributed by atoms with E-state index in [-0.39, 0.29) is 0 Å². The van der Waals surface area contributed by atoms with Crippen molar-refractivity contribution in [3.8, 4) is 0 Å². The highest BCUT2D eigenvalue weighted by Gasteiger charge is 2.32. The van der Waals surface area contributed by atoms with Crippen molar-refractivity contribution in [2.75, 3.05) is 19.6 Å². The summed E-state index contributed by atoms with van der Waals surface area (Å²) >= 11 is 0. The number of rotatable bonds is 9. The van der Waals surface area contributed by atoms with Crippen LogP contribution in [0.4, 0.5) is 0 Å². The maximum atomic E-state index is 5.87. The SMILES string of the molecule is NCCCCN(C[C@H]1Cc2ccccc2CN1Cc1cccnc1)[C@H]1CCCc2cccnc21. The van der Waals surface area contributed by atoms with Crippen LogP contribution in [-0.4, -0.2) is 45.4 Å². The Labute approximate surface area is 204 Å². The lowest BCUT2D eigenvalue weighted by Crippen LogP contribution is -2.48. The van der Waals surface area contributed by atoms with Crippen LogP contribution >= 0.6 is 0 Å². The first-order valence-corrected chi connectivity index (χ1v) is 12.9. The number of hydrogen-bond donors (Lipinski definition) is 1. The van der Waals surface area contributed by atoms with Crippen LogP contribution in [0.1, 0.15) is 59.7 Å². The topological polar surface area (TPSA) is 58.3 Å². The number of nitrogens with two attached hydrogens (primary N) is 1. The molecule has 5 rings (SSSR count). The molecule has 2 aliphatic rings. The highest BCUT2D eigenvalue weighted by atomic mass is 15.2. The van der Waals surface area contributed by atoms with E-state index < -0.39 is 0 Å². The van der Waals surface area contributed by atoms with Crippen LogP contribution in [0.2, 0.25) is 0 Å². The average molecular weight is 456 g/mol. The van der Waals surface area contributed by atoms with Gasteiger partial charge in [-0.2, -0.15) is 0 Å². The highest BCUT2D eigenvalue weighted by Crippen LogP contribution is 2.34. The Bertz CT molecular complexity index is 1050. The van der Waals surface area contributed by atoms with Crippen LogP contribution in [0.15, 0.2) is 67.1 Å². The molecule has 0 bridgehead atoms. The summed E-state index contributed by atoms with van der Waals surface area (Å²) in [6.45, 7) is 4.82. The minimum absolute atomic E-state index is 0.403. The number of pyridine rings is 2. The summed E-state index contributed by atoms with van der Waals surface area (Å²) in [5.74, 6) is 0. The largest absolute Gasteiger partial charge is 0.330 e. The number of hydrogen-bond acceptors (Lipinski definition) is 5. The highest BCUT2D eigenvalue weighted by molar-refractivity contribution is 5.31. The average Bonchev–Trinajstić information content (AvgIpc) is 2.89. The Morgan fingerprint density at radius 1 is 0.971 bits per heavy atom. The zero-order valence-electron chi connectivity index (χ0n) is 20.1. The standard InChI is InChI=1S/C29H37N5/c30-14-3-4-17-33(28-13-5-11-24-12-7-16-32-29(24)28)22-27-18-25-9-1-2-10-26(25)21-34(27)20-23-8-6-15-31-19-23/h1-2,6-10,12,15-16,19,27-28H,3-5,11,13-14,17-18,20-22,30H2/t27-,28+/m1/s1. The fourth-order valence-corrected chi connectivity index (χ4v) is 5.78. The van der Waals surface area contributed by atoms with Gasteiger partial charge in [0.15, 0.2) is 0 Å². The van der Waals surface area contributed by atoms with E-state index in [4.69, 9.17) is 10.7 Å². The van der Waals surface area contributed by atoms with Gasteiger partial charge in [-0.25, -0.2) is 0 Å². The molecule has 1 aliphatic carbocycles. The molecule has 0 unspecified atom stereocenters. The van der Waals surface area contributed by atoms with Crippen molar-refractivity contribution in [2.45, 2.75) is 63.7 Å². The van der Waals surface area contributed by atoms with Gasteiger partial charge >= 0.3 is 0 Å². The molecule has 0 saturated carbocycles. The van der Waals surface area contributed by atoms with Gasteiger partial charge < -0.3 is 5.73 Å². The van der Waals surface area contributed by atoms with Gasteiger partial charge in [-0.15, -0.1) is 0 Å². The van der Waals surface area contributed by atoms with Crippen molar-refractivity contribution >= 4 is 0 Å². The van der Waals surface area contributed by atoms with Gasteiger partial charge in [0.1, 0.15) is 0 Å². The molecule has 178 valence electrons. The van der Waals surface area contributed by atoms with E-state index in [1.54, 1.807) is 0 Å². The number of unbranched alkanes of at least 4 members (excludes halogenated alkanes) is 1. The summed E-state index contributed by atoms with van der Waals surface area (Å²) in [5, 5.41) is 0. The predicted molar refractivity (Wildman–Crippen MR) is 137 cm³/mol. The molecule has 5 nitrogen and oxygen atoms in total. The molecule has 0 amide bonds. The van der Waals surface area contributed by atoms with Gasteiger partial charge in [-0.3, -0.25) is 19.8 Å². The lowest BCUT2D eigenvalue weighted by Gasteiger charge is -2.43. The first-order valence-electron chi connectivity index (χ1n) is 12.9. The Morgan fingerprint density at radius 3 is 2.68 bits per heavy atom. The molecule has 5 heteroatoms. The molecule has 3 heterocycles. The normalized spacial score (nSPS) is 20.2. The Kier molecular flexibility index (Phi) is 7.64. The van der Waals surface area contributed by atoms with Gasteiger partial charge in [0.2, 0.25) is 0 Å². The monoisotopic (exact) mass is 455 g/mol. The first-order chi connectivity index (χ1) is 16.8. The molecule has 2 aromatic heterocycles. The minimum atomic E-state index is 0.403. The van der Waals surface area contributed by atoms with Gasteiger partial charge in [0.25, 0.3) is 0 Å². The smallest absolute Gasteiger partial charge is 0.0607 e. The van der Waals surface area contributed by atoms with Crippen molar-refractivity contribution in [3.05, 3.63) is 95.1 Å². The fourth-order valence-electron chi connectivity index (χ4n) is 5.78. The molecule has 0 saturated heterocycles. The number of fused-ring (bicyclic) bond motifs is 2. The van der Waals surface area contributed by atoms with E-state index in [0.29, 0.717) is 12.1 Å². The number of aromatic nitrogens is 2.